The Morgan fingerprint density at radius 2 is 2.33 bits per heavy atom. The number of anilines is 1. The quantitative estimate of drug-likeness (QED) is 0.828. The van der Waals surface area contributed by atoms with Crippen LogP contribution in [0.2, 0.25) is 0 Å². The Bertz CT molecular complexity index is 452. The Morgan fingerprint density at radius 1 is 1.61 bits per heavy atom. The largest absolute Gasteiger partial charge is 0.352 e. The lowest BCUT2D eigenvalue weighted by atomic mass is 10.3. The highest BCUT2D eigenvalue weighted by atomic mass is 16.2. The Kier molecular flexibility index (Phi) is 5.06. The highest BCUT2D eigenvalue weighted by Gasteiger charge is 2.13. The first kappa shape index (κ1) is 13.9. The van der Waals surface area contributed by atoms with Crippen molar-refractivity contribution >= 4 is 11.9 Å². The van der Waals surface area contributed by atoms with E-state index >= 15 is 0 Å². The van der Waals surface area contributed by atoms with Crippen molar-refractivity contribution in [2.24, 2.45) is 0 Å². The van der Waals surface area contributed by atoms with Gasteiger partial charge in [0, 0.05) is 18.8 Å². The first-order chi connectivity index (χ1) is 8.56. The lowest BCUT2D eigenvalue weighted by Gasteiger charge is -2.20. The van der Waals surface area contributed by atoms with Gasteiger partial charge in [-0.1, -0.05) is 0 Å². The number of likely N-dealkylation sites (N-methyl/N-ethyl adjacent to an activating group) is 1. The fraction of sp³-hybridized carbons (Fsp3) is 0.500. The van der Waals surface area contributed by atoms with Crippen molar-refractivity contribution in [2.75, 3.05) is 18.0 Å². The van der Waals surface area contributed by atoms with Gasteiger partial charge in [-0.15, -0.1) is 0 Å². The Labute approximate surface area is 107 Å². The number of carbonyl (C=O) groups is 1. The summed E-state index contributed by atoms with van der Waals surface area (Å²) in [6.07, 6.45) is 1.52. The van der Waals surface area contributed by atoms with E-state index in [-0.39, 0.29) is 18.5 Å². The van der Waals surface area contributed by atoms with Gasteiger partial charge in [0.2, 0.25) is 11.9 Å². The molecule has 1 aromatic heterocycles. The van der Waals surface area contributed by atoms with Gasteiger partial charge in [0.05, 0.1) is 6.54 Å². The molecule has 6 nitrogen and oxygen atoms in total. The van der Waals surface area contributed by atoms with Gasteiger partial charge >= 0.3 is 0 Å². The summed E-state index contributed by atoms with van der Waals surface area (Å²) in [7, 11) is 0. The maximum Gasteiger partial charge on any atom is 0.239 e. The zero-order valence-electron chi connectivity index (χ0n) is 10.8. The lowest BCUT2D eigenvalue weighted by molar-refractivity contribution is -0.120. The summed E-state index contributed by atoms with van der Waals surface area (Å²) in [6, 6.07) is 3.59. The molecule has 0 aliphatic rings. The van der Waals surface area contributed by atoms with Gasteiger partial charge < -0.3 is 10.2 Å². The van der Waals surface area contributed by atoms with Gasteiger partial charge in [0.1, 0.15) is 11.8 Å². The summed E-state index contributed by atoms with van der Waals surface area (Å²) in [5.41, 5.74) is 0.294. The molecule has 1 rings (SSSR count). The summed E-state index contributed by atoms with van der Waals surface area (Å²) in [6.45, 7) is 6.50. The summed E-state index contributed by atoms with van der Waals surface area (Å²) < 4.78 is 0. The van der Waals surface area contributed by atoms with E-state index in [1.54, 1.807) is 4.90 Å². The van der Waals surface area contributed by atoms with Gasteiger partial charge in [-0.2, -0.15) is 5.26 Å². The first-order valence-corrected chi connectivity index (χ1v) is 5.84. The predicted molar refractivity (Wildman–Crippen MR) is 67.9 cm³/mol. The number of nitrogens with zero attached hydrogens (tertiary/aromatic N) is 4. The van der Waals surface area contributed by atoms with E-state index in [2.05, 4.69) is 15.3 Å². The van der Waals surface area contributed by atoms with Crippen molar-refractivity contribution in [1.29, 1.82) is 5.26 Å². The van der Waals surface area contributed by atoms with Gasteiger partial charge in [-0.25, -0.2) is 9.97 Å². The predicted octanol–water partition coefficient (Wildman–Crippen LogP) is 0.699. The van der Waals surface area contributed by atoms with Crippen LogP contribution in [0.3, 0.4) is 0 Å². The molecule has 0 saturated heterocycles. The molecule has 0 saturated carbocycles. The molecule has 0 aliphatic carbocycles. The molecule has 1 amide bonds. The molecule has 0 bridgehead atoms. The number of aromatic nitrogens is 2. The molecule has 96 valence electrons. The van der Waals surface area contributed by atoms with Gasteiger partial charge in [0.25, 0.3) is 0 Å². The van der Waals surface area contributed by atoms with Gasteiger partial charge in [-0.3, -0.25) is 4.79 Å². The van der Waals surface area contributed by atoms with E-state index in [0.29, 0.717) is 18.2 Å². The van der Waals surface area contributed by atoms with Crippen LogP contribution in [0.1, 0.15) is 26.5 Å². The molecule has 0 aliphatic heterocycles. The van der Waals surface area contributed by atoms with Crippen molar-refractivity contribution in [3.8, 4) is 6.07 Å². The zero-order valence-corrected chi connectivity index (χ0v) is 10.8. The first-order valence-electron chi connectivity index (χ1n) is 5.84. The molecule has 0 atom stereocenters. The zero-order chi connectivity index (χ0) is 13.5. The van der Waals surface area contributed by atoms with Gasteiger partial charge in [-0.05, 0) is 26.8 Å². The van der Waals surface area contributed by atoms with E-state index in [1.165, 1.54) is 12.3 Å². The molecule has 0 aromatic carbocycles. The lowest BCUT2D eigenvalue weighted by Crippen LogP contribution is -2.40. The van der Waals surface area contributed by atoms with Crippen LogP contribution in [-0.4, -0.2) is 35.0 Å². The molecule has 0 radical (unpaired) electrons. The molecule has 0 unspecified atom stereocenters. The molecule has 0 fully saturated rings. The molecule has 1 N–H and O–H groups in total. The normalized spacial score (nSPS) is 9.94. The van der Waals surface area contributed by atoms with Crippen LogP contribution in [0.5, 0.6) is 0 Å². The minimum Gasteiger partial charge on any atom is -0.352 e. The number of rotatable bonds is 5. The van der Waals surface area contributed by atoms with E-state index in [4.69, 9.17) is 5.26 Å². The van der Waals surface area contributed by atoms with Crippen molar-refractivity contribution in [3.63, 3.8) is 0 Å². The molecular formula is C12H17N5O. The third kappa shape index (κ3) is 4.01. The highest BCUT2D eigenvalue weighted by molar-refractivity contribution is 5.80. The SMILES string of the molecule is CCN(CC(=O)NC(C)C)c1nccc(C#N)n1. The summed E-state index contributed by atoms with van der Waals surface area (Å²) in [5, 5.41) is 11.6. The minimum absolute atomic E-state index is 0.0854. The minimum atomic E-state index is -0.0854. The second kappa shape index (κ2) is 6.55. The molecule has 0 spiro atoms. The smallest absolute Gasteiger partial charge is 0.239 e. The summed E-state index contributed by atoms with van der Waals surface area (Å²) in [4.78, 5) is 21.5. The van der Waals surface area contributed by atoms with Crippen LogP contribution in [0, 0.1) is 11.3 Å². The number of hydrogen-bond acceptors (Lipinski definition) is 5. The summed E-state index contributed by atoms with van der Waals surface area (Å²) >= 11 is 0. The Morgan fingerprint density at radius 3 is 2.89 bits per heavy atom. The number of nitriles is 1. The molecule has 1 aromatic rings. The number of amides is 1. The molecule has 18 heavy (non-hydrogen) atoms. The van der Waals surface area contributed by atoms with Crippen LogP contribution < -0.4 is 10.2 Å². The maximum atomic E-state index is 11.7. The molecule has 6 heteroatoms. The van der Waals surface area contributed by atoms with Crippen LogP contribution in [0.25, 0.3) is 0 Å². The molecule has 1 heterocycles. The van der Waals surface area contributed by atoms with Crippen LogP contribution in [0.4, 0.5) is 5.95 Å². The third-order valence-electron chi connectivity index (χ3n) is 2.21. The average molecular weight is 247 g/mol. The van der Waals surface area contributed by atoms with Crippen molar-refractivity contribution in [1.82, 2.24) is 15.3 Å². The Hall–Kier alpha value is -2.16. The fourth-order valence-corrected chi connectivity index (χ4v) is 1.43. The van der Waals surface area contributed by atoms with E-state index in [0.717, 1.165) is 0 Å². The number of nitrogens with one attached hydrogen (secondary N) is 1. The van der Waals surface area contributed by atoms with E-state index < -0.39 is 0 Å². The standard InChI is InChI=1S/C12H17N5O/c1-4-17(8-11(18)15-9(2)3)12-14-6-5-10(7-13)16-12/h5-6,9H,4,8H2,1-3H3,(H,15,18). The second-order valence-electron chi connectivity index (χ2n) is 4.09. The maximum absolute atomic E-state index is 11.7. The second-order valence-corrected chi connectivity index (χ2v) is 4.09. The molecular weight excluding hydrogens is 230 g/mol. The average Bonchev–Trinajstić information content (AvgIpc) is 2.35. The topological polar surface area (TPSA) is 81.9 Å². The Balaban J connectivity index is 2.77. The van der Waals surface area contributed by atoms with Crippen molar-refractivity contribution < 1.29 is 4.79 Å². The van der Waals surface area contributed by atoms with Crippen molar-refractivity contribution in [2.45, 2.75) is 26.8 Å². The van der Waals surface area contributed by atoms with Crippen molar-refractivity contribution in [3.05, 3.63) is 18.0 Å². The number of hydrogen-bond donors (Lipinski definition) is 1. The highest BCUT2D eigenvalue weighted by Crippen LogP contribution is 2.06. The summed E-state index contributed by atoms with van der Waals surface area (Å²) in [5.74, 6) is 0.313. The van der Waals surface area contributed by atoms with E-state index in [9.17, 15) is 4.79 Å². The third-order valence-corrected chi connectivity index (χ3v) is 2.21. The van der Waals surface area contributed by atoms with Gasteiger partial charge in [0.15, 0.2) is 0 Å². The van der Waals surface area contributed by atoms with E-state index in [1.807, 2.05) is 26.8 Å². The van der Waals surface area contributed by atoms with Crippen LogP contribution in [0.15, 0.2) is 12.3 Å². The fourth-order valence-electron chi connectivity index (χ4n) is 1.43. The van der Waals surface area contributed by atoms with Crippen LogP contribution >= 0.6 is 0 Å². The monoisotopic (exact) mass is 247 g/mol. The van der Waals surface area contributed by atoms with Crippen LogP contribution in [-0.2, 0) is 4.79 Å². The number of carbonyl (C=O) groups excluding carboxylic acids is 1.